The molecule has 0 aliphatic heterocycles. The van der Waals surface area contributed by atoms with Crippen LogP contribution in [0.5, 0.6) is 0 Å². The van der Waals surface area contributed by atoms with Gasteiger partial charge in [-0.05, 0) is 28.8 Å². The highest BCUT2D eigenvalue weighted by atomic mass is 16.4. The Morgan fingerprint density at radius 3 is 2.62 bits per heavy atom. The van der Waals surface area contributed by atoms with Crippen molar-refractivity contribution >= 4 is 5.91 Å². The standard InChI is InChI=1S/C20H21N3O3/c1-3-18-21-22-19(26-18)12-23(2)20(25)15-9-6-8-14(11-15)17-10-5-4-7-16(17)13-24/h4-11,24H,3,12-13H2,1-2H3. The molecule has 0 bridgehead atoms. The number of aliphatic hydroxyl groups is 1. The van der Waals surface area contributed by atoms with E-state index in [1.165, 1.54) is 0 Å². The lowest BCUT2D eigenvalue weighted by Gasteiger charge is -2.16. The Labute approximate surface area is 152 Å². The van der Waals surface area contributed by atoms with Gasteiger partial charge in [-0.2, -0.15) is 0 Å². The largest absolute Gasteiger partial charge is 0.423 e. The minimum Gasteiger partial charge on any atom is -0.423 e. The van der Waals surface area contributed by atoms with E-state index in [9.17, 15) is 9.90 Å². The van der Waals surface area contributed by atoms with Crippen LogP contribution < -0.4 is 0 Å². The van der Waals surface area contributed by atoms with Gasteiger partial charge in [0, 0.05) is 19.0 Å². The molecule has 6 nitrogen and oxygen atoms in total. The van der Waals surface area contributed by atoms with Crippen LogP contribution in [0.25, 0.3) is 11.1 Å². The van der Waals surface area contributed by atoms with Crippen LogP contribution in [-0.4, -0.2) is 33.2 Å². The maximum Gasteiger partial charge on any atom is 0.254 e. The molecule has 0 unspecified atom stereocenters. The number of benzene rings is 2. The van der Waals surface area contributed by atoms with Crippen molar-refractivity contribution in [2.75, 3.05) is 7.05 Å². The smallest absolute Gasteiger partial charge is 0.254 e. The first kappa shape index (κ1) is 17.8. The topological polar surface area (TPSA) is 79.5 Å². The van der Waals surface area contributed by atoms with Gasteiger partial charge in [0.25, 0.3) is 5.91 Å². The quantitative estimate of drug-likeness (QED) is 0.738. The minimum atomic E-state index is -0.135. The number of amides is 1. The number of carbonyl (C=O) groups excluding carboxylic acids is 1. The maximum atomic E-state index is 12.8. The van der Waals surface area contributed by atoms with Crippen LogP contribution in [0.15, 0.2) is 52.9 Å². The Morgan fingerprint density at radius 1 is 1.12 bits per heavy atom. The summed E-state index contributed by atoms with van der Waals surface area (Å²) in [6, 6.07) is 15.0. The molecule has 0 aliphatic carbocycles. The summed E-state index contributed by atoms with van der Waals surface area (Å²) < 4.78 is 5.47. The lowest BCUT2D eigenvalue weighted by molar-refractivity contribution is 0.0772. The van der Waals surface area contributed by atoms with Crippen molar-refractivity contribution in [3.8, 4) is 11.1 Å². The summed E-state index contributed by atoms with van der Waals surface area (Å²) in [5, 5.41) is 17.4. The molecule has 1 N–H and O–H groups in total. The lowest BCUT2D eigenvalue weighted by atomic mass is 9.98. The molecule has 0 aliphatic rings. The van der Waals surface area contributed by atoms with Crippen molar-refractivity contribution in [1.29, 1.82) is 0 Å². The van der Waals surface area contributed by atoms with Gasteiger partial charge >= 0.3 is 0 Å². The Balaban J connectivity index is 1.81. The maximum absolute atomic E-state index is 12.8. The third-order valence-corrected chi connectivity index (χ3v) is 4.14. The van der Waals surface area contributed by atoms with Crippen molar-refractivity contribution in [3.63, 3.8) is 0 Å². The molecule has 3 rings (SSSR count). The molecule has 26 heavy (non-hydrogen) atoms. The molecular weight excluding hydrogens is 330 g/mol. The predicted octanol–water partition coefficient (Wildman–Crippen LogP) is 3.06. The van der Waals surface area contributed by atoms with Crippen LogP contribution in [0, 0.1) is 0 Å². The Hall–Kier alpha value is -2.99. The fourth-order valence-corrected chi connectivity index (χ4v) is 2.75. The Kier molecular flexibility index (Phi) is 5.43. The first-order chi connectivity index (χ1) is 12.6. The summed E-state index contributed by atoms with van der Waals surface area (Å²) >= 11 is 0. The molecule has 0 saturated carbocycles. The number of hydrogen-bond donors (Lipinski definition) is 1. The summed E-state index contributed by atoms with van der Waals surface area (Å²) in [6.07, 6.45) is 0.664. The molecule has 6 heteroatoms. The molecule has 1 heterocycles. The van der Waals surface area contributed by atoms with Gasteiger partial charge in [0.15, 0.2) is 0 Å². The van der Waals surface area contributed by atoms with Crippen LogP contribution in [0.3, 0.4) is 0 Å². The van der Waals surface area contributed by atoms with Crippen molar-refractivity contribution in [2.45, 2.75) is 26.5 Å². The van der Waals surface area contributed by atoms with E-state index in [-0.39, 0.29) is 19.1 Å². The zero-order valence-electron chi connectivity index (χ0n) is 14.8. The highest BCUT2D eigenvalue weighted by Crippen LogP contribution is 2.25. The molecule has 3 aromatic rings. The fraction of sp³-hybridized carbons (Fsp3) is 0.250. The number of hydrogen-bond acceptors (Lipinski definition) is 5. The van der Waals surface area contributed by atoms with E-state index in [4.69, 9.17) is 4.42 Å². The molecule has 0 radical (unpaired) electrons. The first-order valence-corrected chi connectivity index (χ1v) is 8.48. The molecule has 2 aromatic carbocycles. The zero-order valence-corrected chi connectivity index (χ0v) is 14.8. The van der Waals surface area contributed by atoms with Gasteiger partial charge in [-0.15, -0.1) is 10.2 Å². The predicted molar refractivity (Wildman–Crippen MR) is 97.3 cm³/mol. The van der Waals surface area contributed by atoms with E-state index >= 15 is 0 Å². The second-order valence-corrected chi connectivity index (χ2v) is 6.00. The Morgan fingerprint density at radius 2 is 1.88 bits per heavy atom. The van der Waals surface area contributed by atoms with Gasteiger partial charge in [-0.3, -0.25) is 4.79 Å². The number of rotatable bonds is 6. The van der Waals surface area contributed by atoms with Crippen molar-refractivity contribution in [1.82, 2.24) is 15.1 Å². The summed E-state index contributed by atoms with van der Waals surface area (Å²) in [5.74, 6) is 0.840. The van der Waals surface area contributed by atoms with Gasteiger partial charge in [0.05, 0.1) is 13.2 Å². The second kappa shape index (κ2) is 7.93. The molecule has 0 atom stereocenters. The third kappa shape index (κ3) is 3.81. The van der Waals surface area contributed by atoms with E-state index in [2.05, 4.69) is 10.2 Å². The number of aliphatic hydroxyl groups excluding tert-OH is 1. The van der Waals surface area contributed by atoms with Gasteiger partial charge in [-0.25, -0.2) is 0 Å². The Bertz CT molecular complexity index is 905. The fourth-order valence-electron chi connectivity index (χ4n) is 2.75. The molecule has 1 aromatic heterocycles. The number of nitrogens with zero attached hydrogens (tertiary/aromatic N) is 3. The van der Waals surface area contributed by atoms with Gasteiger partial charge < -0.3 is 14.4 Å². The average molecular weight is 351 g/mol. The molecule has 134 valence electrons. The number of aryl methyl sites for hydroxylation is 1. The van der Waals surface area contributed by atoms with Crippen molar-refractivity contribution < 1.29 is 14.3 Å². The molecule has 0 saturated heterocycles. The van der Waals surface area contributed by atoms with Crippen LogP contribution in [0.1, 0.15) is 34.6 Å². The number of aromatic nitrogens is 2. The van der Waals surface area contributed by atoms with Crippen LogP contribution >= 0.6 is 0 Å². The van der Waals surface area contributed by atoms with Crippen LogP contribution in [0.2, 0.25) is 0 Å². The van der Waals surface area contributed by atoms with Crippen molar-refractivity contribution in [3.05, 3.63) is 71.4 Å². The zero-order chi connectivity index (χ0) is 18.5. The first-order valence-electron chi connectivity index (χ1n) is 8.48. The van der Waals surface area contributed by atoms with Crippen LogP contribution in [0.4, 0.5) is 0 Å². The van der Waals surface area contributed by atoms with Gasteiger partial charge in [-0.1, -0.05) is 43.3 Å². The highest BCUT2D eigenvalue weighted by molar-refractivity contribution is 5.95. The van der Waals surface area contributed by atoms with Gasteiger partial charge in [0.1, 0.15) is 0 Å². The van der Waals surface area contributed by atoms with E-state index < -0.39 is 0 Å². The van der Waals surface area contributed by atoms with E-state index in [1.54, 1.807) is 18.0 Å². The second-order valence-electron chi connectivity index (χ2n) is 6.00. The van der Waals surface area contributed by atoms with Crippen LogP contribution in [-0.2, 0) is 19.6 Å². The molecule has 0 fully saturated rings. The highest BCUT2D eigenvalue weighted by Gasteiger charge is 2.16. The number of carbonyl (C=O) groups is 1. The van der Waals surface area contributed by atoms with E-state index in [0.29, 0.717) is 23.8 Å². The van der Waals surface area contributed by atoms with Crippen molar-refractivity contribution in [2.24, 2.45) is 0 Å². The summed E-state index contributed by atoms with van der Waals surface area (Å²) in [7, 11) is 1.70. The van der Waals surface area contributed by atoms with E-state index in [0.717, 1.165) is 16.7 Å². The van der Waals surface area contributed by atoms with E-state index in [1.807, 2.05) is 49.4 Å². The molecule has 0 spiro atoms. The van der Waals surface area contributed by atoms with Gasteiger partial charge in [0.2, 0.25) is 11.8 Å². The normalized spacial score (nSPS) is 10.7. The average Bonchev–Trinajstić information content (AvgIpc) is 3.15. The molecular formula is C20H21N3O3. The minimum absolute atomic E-state index is 0.0504. The summed E-state index contributed by atoms with van der Waals surface area (Å²) in [5.41, 5.74) is 3.19. The summed E-state index contributed by atoms with van der Waals surface area (Å²) in [4.78, 5) is 14.3. The third-order valence-electron chi connectivity index (χ3n) is 4.14. The monoisotopic (exact) mass is 351 g/mol. The lowest BCUT2D eigenvalue weighted by Crippen LogP contribution is -2.26. The molecule has 1 amide bonds. The summed E-state index contributed by atoms with van der Waals surface area (Å²) in [6.45, 7) is 2.14. The SMILES string of the molecule is CCc1nnc(CN(C)C(=O)c2cccc(-c3ccccc3CO)c2)o1.